The molecule has 0 aromatic carbocycles. The summed E-state index contributed by atoms with van der Waals surface area (Å²) < 4.78 is 5.25. The molecule has 0 spiro atoms. The van der Waals surface area contributed by atoms with E-state index in [9.17, 15) is 9.59 Å². The minimum Gasteiger partial charge on any atom is -0.480 e. The number of aromatic nitrogens is 2. The molecular formula is C15H19N3O5S. The van der Waals surface area contributed by atoms with Gasteiger partial charge in [-0.1, -0.05) is 13.8 Å². The maximum Gasteiger partial charge on any atom is 0.348 e. The Bertz CT molecular complexity index is 759. The topological polar surface area (TPSA) is 122 Å². The first-order valence-corrected chi connectivity index (χ1v) is 8.18. The lowest BCUT2D eigenvalue weighted by Gasteiger charge is -2.13. The summed E-state index contributed by atoms with van der Waals surface area (Å²) in [5.41, 5.74) is 0.619. The van der Waals surface area contributed by atoms with E-state index in [4.69, 9.17) is 14.9 Å². The second-order valence-corrected chi connectivity index (χ2v) is 6.67. The van der Waals surface area contributed by atoms with Gasteiger partial charge in [0.15, 0.2) is 0 Å². The van der Waals surface area contributed by atoms with E-state index in [0.29, 0.717) is 27.3 Å². The lowest BCUT2D eigenvalue weighted by Crippen LogP contribution is -2.33. The number of rotatable bonds is 7. The molecule has 0 saturated heterocycles. The number of aliphatic hydroxyl groups is 1. The number of nitrogens with one attached hydrogen (secondary N) is 1. The van der Waals surface area contributed by atoms with E-state index in [1.165, 1.54) is 17.7 Å². The van der Waals surface area contributed by atoms with Gasteiger partial charge in [0.2, 0.25) is 0 Å². The molecule has 2 rings (SSSR count). The van der Waals surface area contributed by atoms with Crippen molar-refractivity contribution in [2.24, 2.45) is 5.92 Å². The largest absolute Gasteiger partial charge is 0.480 e. The Labute approximate surface area is 142 Å². The quantitative estimate of drug-likeness (QED) is 0.643. The molecule has 0 aliphatic heterocycles. The lowest BCUT2D eigenvalue weighted by molar-refractivity contribution is -0.138. The van der Waals surface area contributed by atoms with Gasteiger partial charge in [-0.15, -0.1) is 11.3 Å². The van der Waals surface area contributed by atoms with Gasteiger partial charge in [0, 0.05) is 0 Å². The van der Waals surface area contributed by atoms with Crippen LogP contribution in [0, 0.1) is 12.8 Å². The van der Waals surface area contributed by atoms with Gasteiger partial charge in [-0.3, -0.25) is 0 Å². The van der Waals surface area contributed by atoms with Gasteiger partial charge in [0.25, 0.3) is 0 Å². The first-order chi connectivity index (χ1) is 11.3. The second-order valence-electron chi connectivity index (χ2n) is 5.67. The Morgan fingerprint density at radius 3 is 2.67 bits per heavy atom. The standard InChI is InChI=1S/C15H19N3O5S/c1-7(2)5-23-15(22)11-8(3)10-12(16-6-17-13(10)24-11)18-9(4-19)14(20)21/h6-7,9,19H,4-5H2,1-3H3,(H,20,21)(H,16,17,18). The molecule has 2 aromatic heterocycles. The molecule has 3 N–H and O–H groups in total. The molecule has 1 unspecified atom stereocenters. The monoisotopic (exact) mass is 353 g/mol. The Morgan fingerprint density at radius 1 is 1.38 bits per heavy atom. The van der Waals surface area contributed by atoms with Crippen LogP contribution in [0.25, 0.3) is 10.2 Å². The molecule has 0 saturated carbocycles. The van der Waals surface area contributed by atoms with Crippen LogP contribution in [0.1, 0.15) is 29.1 Å². The second kappa shape index (κ2) is 7.54. The van der Waals surface area contributed by atoms with Crippen LogP contribution >= 0.6 is 11.3 Å². The van der Waals surface area contributed by atoms with Crippen LogP contribution < -0.4 is 5.32 Å². The third-order valence-corrected chi connectivity index (χ3v) is 4.43. The van der Waals surface area contributed by atoms with E-state index in [1.54, 1.807) is 6.92 Å². The van der Waals surface area contributed by atoms with Gasteiger partial charge < -0.3 is 20.3 Å². The number of hydrogen-bond donors (Lipinski definition) is 3. The molecule has 0 aliphatic carbocycles. The molecular weight excluding hydrogens is 334 g/mol. The van der Waals surface area contributed by atoms with Gasteiger partial charge in [-0.2, -0.15) is 0 Å². The van der Waals surface area contributed by atoms with Crippen molar-refractivity contribution in [2.75, 3.05) is 18.5 Å². The minimum absolute atomic E-state index is 0.224. The average molecular weight is 353 g/mol. The zero-order chi connectivity index (χ0) is 17.9. The third kappa shape index (κ3) is 3.80. The molecule has 0 aliphatic rings. The van der Waals surface area contributed by atoms with E-state index in [-0.39, 0.29) is 11.7 Å². The molecule has 1 atom stereocenters. The molecule has 9 heteroatoms. The average Bonchev–Trinajstić information content (AvgIpc) is 2.87. The summed E-state index contributed by atoms with van der Waals surface area (Å²) in [4.78, 5) is 32.4. The van der Waals surface area contributed by atoms with E-state index >= 15 is 0 Å². The zero-order valence-electron chi connectivity index (χ0n) is 13.6. The fourth-order valence-electron chi connectivity index (χ4n) is 2.03. The first kappa shape index (κ1) is 18.1. The van der Waals surface area contributed by atoms with E-state index < -0.39 is 24.6 Å². The van der Waals surface area contributed by atoms with Crippen molar-refractivity contribution in [3.63, 3.8) is 0 Å². The summed E-state index contributed by atoms with van der Waals surface area (Å²) in [5, 5.41) is 21.4. The lowest BCUT2D eigenvalue weighted by atomic mass is 10.2. The highest BCUT2D eigenvalue weighted by molar-refractivity contribution is 7.20. The van der Waals surface area contributed by atoms with Gasteiger partial charge in [0.1, 0.15) is 27.9 Å². The summed E-state index contributed by atoms with van der Waals surface area (Å²) in [6.45, 7) is 5.34. The number of aliphatic carboxylic acids is 1. The molecule has 0 bridgehead atoms. The van der Waals surface area contributed by atoms with Crippen molar-refractivity contribution < 1.29 is 24.5 Å². The number of hydrogen-bond acceptors (Lipinski definition) is 8. The number of esters is 1. The maximum atomic E-state index is 12.2. The number of fused-ring (bicyclic) bond motifs is 1. The Hall–Kier alpha value is -2.26. The summed E-state index contributed by atoms with van der Waals surface area (Å²) in [7, 11) is 0. The number of carbonyl (C=O) groups is 2. The number of carboxylic acids is 1. The smallest absolute Gasteiger partial charge is 0.348 e. The number of anilines is 1. The van der Waals surface area contributed by atoms with Gasteiger partial charge >= 0.3 is 11.9 Å². The summed E-state index contributed by atoms with van der Waals surface area (Å²) in [6, 6.07) is -1.20. The van der Waals surface area contributed by atoms with Crippen molar-refractivity contribution in [3.05, 3.63) is 16.8 Å². The summed E-state index contributed by atoms with van der Waals surface area (Å²) in [5.74, 6) is -1.15. The number of thiophene rings is 1. The molecule has 0 amide bonds. The number of nitrogens with zero attached hydrogens (tertiary/aromatic N) is 2. The van der Waals surface area contributed by atoms with Crippen LogP contribution in [0.3, 0.4) is 0 Å². The summed E-state index contributed by atoms with van der Waals surface area (Å²) >= 11 is 1.17. The predicted molar refractivity (Wildman–Crippen MR) is 89.4 cm³/mol. The van der Waals surface area contributed by atoms with Gasteiger partial charge in [0.05, 0.1) is 18.6 Å². The Morgan fingerprint density at radius 2 is 2.08 bits per heavy atom. The first-order valence-electron chi connectivity index (χ1n) is 7.36. The Kier molecular flexibility index (Phi) is 5.68. The van der Waals surface area contributed by atoms with Gasteiger partial charge in [-0.25, -0.2) is 19.6 Å². The van der Waals surface area contributed by atoms with E-state index in [1.807, 2.05) is 13.8 Å². The van der Waals surface area contributed by atoms with Crippen LogP contribution in [0.2, 0.25) is 0 Å². The normalized spacial score (nSPS) is 12.4. The zero-order valence-corrected chi connectivity index (χ0v) is 14.4. The molecule has 24 heavy (non-hydrogen) atoms. The Balaban J connectivity index is 2.39. The molecule has 2 aromatic rings. The number of aliphatic hydroxyl groups excluding tert-OH is 1. The molecule has 0 radical (unpaired) electrons. The number of ether oxygens (including phenoxy) is 1. The highest BCUT2D eigenvalue weighted by Crippen LogP contribution is 2.34. The van der Waals surface area contributed by atoms with Crippen molar-refractivity contribution in [1.29, 1.82) is 0 Å². The van der Waals surface area contributed by atoms with Crippen molar-refractivity contribution >= 4 is 39.3 Å². The fraction of sp³-hybridized carbons (Fsp3) is 0.467. The molecule has 2 heterocycles. The highest BCUT2D eigenvalue weighted by Gasteiger charge is 2.23. The maximum absolute atomic E-state index is 12.2. The van der Waals surface area contributed by atoms with E-state index in [2.05, 4.69) is 15.3 Å². The molecule has 8 nitrogen and oxygen atoms in total. The van der Waals surface area contributed by atoms with E-state index in [0.717, 1.165) is 0 Å². The number of aryl methyl sites for hydroxylation is 1. The van der Waals surface area contributed by atoms with Gasteiger partial charge in [-0.05, 0) is 18.4 Å². The fourth-order valence-corrected chi connectivity index (χ4v) is 3.08. The minimum atomic E-state index is -1.20. The van der Waals surface area contributed by atoms with Crippen molar-refractivity contribution in [2.45, 2.75) is 26.8 Å². The van der Waals surface area contributed by atoms with Crippen molar-refractivity contribution in [3.8, 4) is 0 Å². The van der Waals surface area contributed by atoms with Crippen LogP contribution in [-0.4, -0.2) is 51.4 Å². The number of carboxylic acid groups (broad SMARTS) is 1. The van der Waals surface area contributed by atoms with Crippen LogP contribution in [0.4, 0.5) is 5.82 Å². The highest BCUT2D eigenvalue weighted by atomic mass is 32.1. The number of carbonyl (C=O) groups excluding carboxylic acids is 1. The predicted octanol–water partition coefficient (Wildman–Crippen LogP) is 1.67. The van der Waals surface area contributed by atoms with Crippen LogP contribution in [0.15, 0.2) is 6.33 Å². The summed E-state index contributed by atoms with van der Waals surface area (Å²) in [6.07, 6.45) is 1.28. The third-order valence-electron chi connectivity index (χ3n) is 3.25. The van der Waals surface area contributed by atoms with Crippen molar-refractivity contribution in [1.82, 2.24) is 9.97 Å². The molecule has 0 fully saturated rings. The van der Waals surface area contributed by atoms with Crippen LogP contribution in [-0.2, 0) is 9.53 Å². The molecule has 130 valence electrons. The SMILES string of the molecule is Cc1c(C(=O)OCC(C)C)sc2ncnc(NC(CO)C(=O)O)c12. The van der Waals surface area contributed by atoms with Crippen LogP contribution in [0.5, 0.6) is 0 Å².